The topological polar surface area (TPSA) is 352 Å². The van der Waals surface area contributed by atoms with Crippen molar-refractivity contribution in [3.8, 4) is 0 Å². The number of hydrogen-bond acceptors (Lipinski definition) is 16. The first-order valence-corrected chi connectivity index (χ1v) is 29.6. The molecule has 0 fully saturated rings. The van der Waals surface area contributed by atoms with Gasteiger partial charge < -0.3 is 4.90 Å². The molecule has 0 radical (unpaired) electrons. The number of anilines is 2. The normalized spacial score (nSPS) is 16.8. The van der Waals surface area contributed by atoms with Crippen LogP contribution in [-0.2, 0) is 61.3 Å². The first-order chi connectivity index (χ1) is 33.7. The summed E-state index contributed by atoms with van der Waals surface area (Å²) in [6, 6.07) is 12.7. The highest BCUT2D eigenvalue weighted by Gasteiger charge is 2.46. The molecular formula is C45H44N7O15S6+. The molecule has 0 saturated carbocycles. The van der Waals surface area contributed by atoms with Crippen LogP contribution in [0.25, 0.3) is 27.1 Å². The van der Waals surface area contributed by atoms with E-state index in [0.717, 1.165) is 12.1 Å². The molecule has 384 valence electrons. The van der Waals surface area contributed by atoms with E-state index in [1.54, 1.807) is 36.4 Å². The smallest absolute Gasteiger partial charge is 0.295 e. The molecule has 8 rings (SSSR count). The number of nitrogens with two attached hydrogens (primary N) is 1. The van der Waals surface area contributed by atoms with Crippen molar-refractivity contribution in [2.75, 3.05) is 23.3 Å². The van der Waals surface area contributed by atoms with Crippen molar-refractivity contribution in [2.45, 2.75) is 76.3 Å². The fraction of sp³-hybridized carbons (Fsp3) is 0.222. The minimum atomic E-state index is -5.01. The van der Waals surface area contributed by atoms with Crippen LogP contribution in [0, 0.1) is 0 Å². The number of aromatic nitrogens is 3. The first kappa shape index (κ1) is 53.1. The summed E-state index contributed by atoms with van der Waals surface area (Å²) in [4.78, 5) is 16.8. The van der Waals surface area contributed by atoms with Gasteiger partial charge in [-0.05, 0) is 105 Å². The molecule has 2 aliphatic heterocycles. The number of allylic oxidation sites excluding steroid dienone is 6. The van der Waals surface area contributed by atoms with Gasteiger partial charge in [-0.2, -0.15) is 38.2 Å². The number of primary sulfonamides is 1. The first-order valence-electron chi connectivity index (χ1n) is 21.5. The van der Waals surface area contributed by atoms with E-state index in [0.29, 0.717) is 81.7 Å². The van der Waals surface area contributed by atoms with Crippen LogP contribution < -0.4 is 15.4 Å². The van der Waals surface area contributed by atoms with E-state index in [9.17, 15) is 65.1 Å². The molecule has 0 saturated heterocycles. The van der Waals surface area contributed by atoms with Crippen LogP contribution in [0.4, 0.5) is 16.5 Å². The van der Waals surface area contributed by atoms with Crippen molar-refractivity contribution in [2.24, 2.45) is 5.14 Å². The Bertz CT molecular complexity index is 4130. The molecule has 1 amide bonds. The van der Waals surface area contributed by atoms with Crippen molar-refractivity contribution in [1.82, 2.24) is 15.2 Å². The molecule has 7 N–H and O–H groups in total. The van der Waals surface area contributed by atoms with Gasteiger partial charge in [0.05, 0.1) is 26.5 Å². The van der Waals surface area contributed by atoms with Gasteiger partial charge in [0.2, 0.25) is 15.2 Å². The Kier molecular flexibility index (Phi) is 13.1. The van der Waals surface area contributed by atoms with Gasteiger partial charge in [-0.25, -0.2) is 13.6 Å². The lowest BCUT2D eigenvalue weighted by Crippen LogP contribution is -2.28. The van der Waals surface area contributed by atoms with Crippen LogP contribution in [0.3, 0.4) is 0 Å². The van der Waals surface area contributed by atoms with Gasteiger partial charge in [0.25, 0.3) is 56.4 Å². The predicted molar refractivity (Wildman–Crippen MR) is 270 cm³/mol. The number of hydrogen-bond donors (Lipinski definition) is 6. The standard InChI is InChI=1S/C45H43N7O15S6/c1-7-51-33-15-12-28-30(19-26(70(56,57)58)21-35(28)72(62,63)64)39(33)44(3,4)37(51)17-10-24(32-14-9-25(23-47-32)41(53)48-42-49-50-43(68-42)69(46,54)55)11-18-38-45(5,6)40-31-20-27(71(59,60)61)22-36(73(65,66)67)29(31)13-16-34(40)52(38)8-2/h9-23H,7-8H2,1-6H3,(H6-,46,48,49,53,54,55,56,57,58,59,60,61,62,63,64,65,66,67)/p+1. The number of pyridine rings is 1. The quantitative estimate of drug-likeness (QED) is 0.0341. The Morgan fingerprint density at radius 2 is 1.32 bits per heavy atom. The zero-order chi connectivity index (χ0) is 53.8. The van der Waals surface area contributed by atoms with E-state index in [4.69, 9.17) is 5.14 Å². The van der Waals surface area contributed by atoms with Gasteiger partial charge in [0.15, 0.2) is 5.71 Å². The van der Waals surface area contributed by atoms with Gasteiger partial charge >= 0.3 is 0 Å². The Morgan fingerprint density at radius 3 is 1.81 bits per heavy atom. The summed E-state index contributed by atoms with van der Waals surface area (Å²) in [6.45, 7) is 11.7. The van der Waals surface area contributed by atoms with Crippen molar-refractivity contribution < 1.29 is 69.7 Å². The summed E-state index contributed by atoms with van der Waals surface area (Å²) in [5.74, 6) is -0.717. The molecule has 2 aromatic heterocycles. The maximum atomic E-state index is 13.3. The van der Waals surface area contributed by atoms with Crippen molar-refractivity contribution in [3.05, 3.63) is 119 Å². The van der Waals surface area contributed by atoms with Gasteiger partial charge in [-0.3, -0.25) is 33.3 Å². The lowest BCUT2D eigenvalue weighted by atomic mass is 9.79. The number of sulfonamides is 1. The number of carbonyl (C=O) groups is 1. The second-order valence-corrected chi connectivity index (χ2v) is 26.1. The van der Waals surface area contributed by atoms with Crippen LogP contribution >= 0.6 is 11.3 Å². The summed E-state index contributed by atoms with van der Waals surface area (Å²) in [5.41, 5.74) is 1.97. The van der Waals surface area contributed by atoms with E-state index in [1.165, 1.54) is 30.5 Å². The maximum Gasteiger partial charge on any atom is 0.295 e. The zero-order valence-electron chi connectivity index (χ0n) is 39.1. The highest BCUT2D eigenvalue weighted by Crippen LogP contribution is 2.52. The average molecular weight is 1120 g/mol. The molecule has 0 atom stereocenters. The number of fused-ring (bicyclic) bond motifs is 6. The number of amides is 1. The van der Waals surface area contributed by atoms with Crippen LogP contribution in [0.15, 0.2) is 121 Å². The molecule has 2 aliphatic rings. The Balaban J connectivity index is 1.30. The van der Waals surface area contributed by atoms with Crippen molar-refractivity contribution in [3.63, 3.8) is 0 Å². The van der Waals surface area contributed by atoms with Gasteiger partial charge in [0.1, 0.15) is 16.3 Å². The highest BCUT2D eigenvalue weighted by molar-refractivity contribution is 7.91. The highest BCUT2D eigenvalue weighted by atomic mass is 32.3. The van der Waals surface area contributed by atoms with E-state index in [2.05, 4.69) is 20.5 Å². The number of nitrogens with one attached hydrogen (secondary N) is 1. The molecule has 28 heteroatoms. The fourth-order valence-corrected chi connectivity index (χ4v) is 13.5. The minimum Gasteiger partial charge on any atom is -0.344 e. The van der Waals surface area contributed by atoms with Crippen LogP contribution in [0.2, 0.25) is 0 Å². The third kappa shape index (κ3) is 9.63. The molecule has 4 heterocycles. The molecular weight excluding hydrogens is 1070 g/mol. The molecule has 0 spiro atoms. The van der Waals surface area contributed by atoms with Crippen molar-refractivity contribution >= 4 is 117 Å². The minimum absolute atomic E-state index is 0.00336. The molecule has 0 unspecified atom stereocenters. The second kappa shape index (κ2) is 18.0. The number of nitrogens with zero attached hydrogens (tertiary/aromatic N) is 5. The SMILES string of the molecule is CCN1C(=CC=C(C=CC2=[N+](CC)c3ccc4c(S(=O)(=O)O)cc(S(=O)(=O)O)cc4c3C2(C)C)c2ccc(C(=O)Nc3nnc(S(N)(=O)=O)s3)cn2)C(C)(C)c2c1ccc1c(S(=O)(=O)O)cc(S(=O)(=O)O)cc21. The molecule has 6 aromatic rings. The summed E-state index contributed by atoms with van der Waals surface area (Å²) >= 11 is 0.536. The molecule has 0 aliphatic carbocycles. The number of benzene rings is 4. The predicted octanol–water partition coefficient (Wildman–Crippen LogP) is 5.86. The third-order valence-electron chi connectivity index (χ3n) is 12.6. The van der Waals surface area contributed by atoms with E-state index in [1.807, 2.05) is 51.0 Å². The molecule has 73 heavy (non-hydrogen) atoms. The van der Waals surface area contributed by atoms with Crippen molar-refractivity contribution in [1.29, 1.82) is 0 Å². The molecule has 4 aromatic carbocycles. The van der Waals surface area contributed by atoms with Crippen LogP contribution in [0.5, 0.6) is 0 Å². The van der Waals surface area contributed by atoms with E-state index in [-0.39, 0.29) is 32.2 Å². The molecule has 22 nitrogen and oxygen atoms in total. The van der Waals surface area contributed by atoms with Gasteiger partial charge in [0, 0.05) is 63.6 Å². The Morgan fingerprint density at radius 1 is 0.740 bits per heavy atom. The summed E-state index contributed by atoms with van der Waals surface area (Å²) in [6.07, 6.45) is 8.23. The number of rotatable bonds is 13. The number of likely N-dealkylation sites (N-methyl/N-ethyl adjacent to an activating group) is 1. The summed E-state index contributed by atoms with van der Waals surface area (Å²) in [7, 11) is -24.2. The Labute approximate surface area is 423 Å². The maximum absolute atomic E-state index is 13.3. The van der Waals surface area contributed by atoms with E-state index >= 15 is 0 Å². The lowest BCUT2D eigenvalue weighted by Gasteiger charge is -2.26. The lowest BCUT2D eigenvalue weighted by molar-refractivity contribution is -0.433. The van der Waals surface area contributed by atoms with Gasteiger partial charge in [-0.15, -0.1) is 10.2 Å². The fourth-order valence-electron chi connectivity index (χ4n) is 9.49. The van der Waals surface area contributed by atoms with Crippen LogP contribution in [0.1, 0.15) is 68.7 Å². The largest absolute Gasteiger partial charge is 0.344 e. The van der Waals surface area contributed by atoms with E-state index < -0.39 is 91.2 Å². The summed E-state index contributed by atoms with van der Waals surface area (Å²) in [5, 5.41) is 14.8. The average Bonchev–Trinajstić information content (AvgIpc) is 3.92. The monoisotopic (exact) mass is 1110 g/mol. The van der Waals surface area contributed by atoms with Gasteiger partial charge in [-0.1, -0.05) is 37.3 Å². The second-order valence-electron chi connectivity index (χ2n) is 17.8. The summed E-state index contributed by atoms with van der Waals surface area (Å²) < 4.78 is 166. The Hall–Kier alpha value is -6.18. The molecule has 0 bridgehead atoms. The third-order valence-corrected chi connectivity index (χ3v) is 18.2. The zero-order valence-corrected chi connectivity index (χ0v) is 44.0. The number of carbonyl (C=O) groups excluding carboxylic acids is 1. The van der Waals surface area contributed by atoms with Crippen LogP contribution in [-0.4, -0.2) is 105 Å².